The summed E-state index contributed by atoms with van der Waals surface area (Å²) in [4.78, 5) is 42.6. The van der Waals surface area contributed by atoms with Gasteiger partial charge >= 0.3 is 0 Å². The van der Waals surface area contributed by atoms with Gasteiger partial charge in [0, 0.05) is 24.8 Å². The highest BCUT2D eigenvalue weighted by molar-refractivity contribution is 6.21. The number of anilines is 1. The highest BCUT2D eigenvalue weighted by Crippen LogP contribution is 2.24. The van der Waals surface area contributed by atoms with Gasteiger partial charge in [-0.2, -0.15) is 5.26 Å². The summed E-state index contributed by atoms with van der Waals surface area (Å²) in [6, 6.07) is 18.9. The van der Waals surface area contributed by atoms with E-state index < -0.39 is 0 Å². The molecule has 0 fully saturated rings. The summed E-state index contributed by atoms with van der Waals surface area (Å²) in [6.07, 6.45) is 1.59. The second-order valence-corrected chi connectivity index (χ2v) is 7.13. The van der Waals surface area contributed by atoms with E-state index in [1.54, 1.807) is 66.9 Å². The van der Waals surface area contributed by atoms with E-state index in [0.29, 0.717) is 41.2 Å². The van der Waals surface area contributed by atoms with Crippen molar-refractivity contribution in [2.75, 3.05) is 18.4 Å². The Hall–Kier alpha value is -4.51. The van der Waals surface area contributed by atoms with Crippen molar-refractivity contribution in [1.82, 2.24) is 15.2 Å². The molecule has 0 radical (unpaired) electrons. The van der Waals surface area contributed by atoms with E-state index in [0.717, 1.165) is 5.56 Å². The van der Waals surface area contributed by atoms with Crippen LogP contribution in [0.1, 0.15) is 42.2 Å². The molecule has 0 unspecified atom stereocenters. The number of imide groups is 1. The fourth-order valence-corrected chi connectivity index (χ4v) is 3.42. The molecule has 3 amide bonds. The fraction of sp³-hybridized carbons (Fsp3) is 0.125. The standard InChI is InChI=1S/C24H19N5O3/c25-14-18-4-3-11-26-21(18)27-12-13-28-22(30)17-9-7-16(8-10-17)15-29-23(31)19-5-1-2-6-20(19)24(29)32/h1-11H,12-13,15H2,(H,26,27)(H,28,30). The first-order valence-corrected chi connectivity index (χ1v) is 10.00. The maximum Gasteiger partial charge on any atom is 0.261 e. The maximum atomic E-state index is 12.5. The van der Waals surface area contributed by atoms with Crippen molar-refractivity contribution >= 4 is 23.5 Å². The molecule has 0 saturated heterocycles. The Labute approximate surface area is 184 Å². The van der Waals surface area contributed by atoms with Crippen LogP contribution in [0, 0.1) is 11.3 Å². The highest BCUT2D eigenvalue weighted by Gasteiger charge is 2.34. The summed E-state index contributed by atoms with van der Waals surface area (Å²) >= 11 is 0. The first kappa shape index (κ1) is 20.8. The lowest BCUT2D eigenvalue weighted by atomic mass is 10.1. The number of pyridine rings is 1. The Morgan fingerprint density at radius 1 is 0.938 bits per heavy atom. The van der Waals surface area contributed by atoms with Crippen LogP contribution in [0.4, 0.5) is 5.82 Å². The number of carbonyl (C=O) groups excluding carboxylic acids is 3. The van der Waals surface area contributed by atoms with E-state index >= 15 is 0 Å². The van der Waals surface area contributed by atoms with Crippen LogP contribution in [-0.4, -0.2) is 40.7 Å². The lowest BCUT2D eigenvalue weighted by Gasteiger charge is -2.14. The molecular weight excluding hydrogens is 406 g/mol. The second-order valence-electron chi connectivity index (χ2n) is 7.13. The molecule has 1 aliphatic heterocycles. The third-order valence-corrected chi connectivity index (χ3v) is 5.07. The van der Waals surface area contributed by atoms with Gasteiger partial charge in [0.2, 0.25) is 0 Å². The summed E-state index contributed by atoms with van der Waals surface area (Å²) in [5.74, 6) is -0.401. The zero-order chi connectivity index (χ0) is 22.5. The van der Waals surface area contributed by atoms with Gasteiger partial charge in [0.05, 0.1) is 23.2 Å². The number of amides is 3. The van der Waals surface area contributed by atoms with Gasteiger partial charge in [-0.15, -0.1) is 0 Å². The summed E-state index contributed by atoms with van der Waals surface area (Å²) in [5.41, 5.74) is 2.47. The van der Waals surface area contributed by atoms with Crippen molar-refractivity contribution in [3.63, 3.8) is 0 Å². The minimum absolute atomic E-state index is 0.142. The minimum Gasteiger partial charge on any atom is -0.367 e. The summed E-state index contributed by atoms with van der Waals surface area (Å²) in [7, 11) is 0. The quantitative estimate of drug-likeness (QED) is 0.444. The van der Waals surface area contributed by atoms with Crippen LogP contribution in [0.5, 0.6) is 0 Å². The predicted octanol–water partition coefficient (Wildman–Crippen LogP) is 2.59. The van der Waals surface area contributed by atoms with Crippen LogP contribution in [0.2, 0.25) is 0 Å². The number of aromatic nitrogens is 1. The lowest BCUT2D eigenvalue weighted by molar-refractivity contribution is 0.0641. The second kappa shape index (κ2) is 9.10. The van der Waals surface area contributed by atoms with Gasteiger partial charge in [-0.3, -0.25) is 19.3 Å². The maximum absolute atomic E-state index is 12.5. The van der Waals surface area contributed by atoms with Crippen molar-refractivity contribution in [2.24, 2.45) is 0 Å². The average Bonchev–Trinajstić information content (AvgIpc) is 3.07. The molecule has 0 aliphatic carbocycles. The number of nitrogens with one attached hydrogen (secondary N) is 2. The molecule has 1 aromatic heterocycles. The zero-order valence-corrected chi connectivity index (χ0v) is 17.0. The van der Waals surface area contributed by atoms with Crippen molar-refractivity contribution in [3.05, 3.63) is 94.7 Å². The number of hydrogen-bond acceptors (Lipinski definition) is 6. The van der Waals surface area contributed by atoms with Gasteiger partial charge in [-0.25, -0.2) is 4.98 Å². The van der Waals surface area contributed by atoms with Crippen molar-refractivity contribution in [3.8, 4) is 6.07 Å². The van der Waals surface area contributed by atoms with E-state index in [1.165, 1.54) is 4.90 Å². The largest absolute Gasteiger partial charge is 0.367 e. The van der Waals surface area contributed by atoms with Gasteiger partial charge in [0.15, 0.2) is 0 Å². The monoisotopic (exact) mass is 425 g/mol. The average molecular weight is 425 g/mol. The molecule has 2 heterocycles. The molecule has 2 N–H and O–H groups in total. The smallest absolute Gasteiger partial charge is 0.261 e. The number of hydrogen-bond donors (Lipinski definition) is 2. The first-order chi connectivity index (χ1) is 15.6. The number of rotatable bonds is 7. The third kappa shape index (κ3) is 4.18. The lowest BCUT2D eigenvalue weighted by Crippen LogP contribution is -2.30. The van der Waals surface area contributed by atoms with Gasteiger partial charge in [-0.1, -0.05) is 24.3 Å². The van der Waals surface area contributed by atoms with Gasteiger partial charge in [0.25, 0.3) is 17.7 Å². The molecule has 4 rings (SSSR count). The van der Waals surface area contributed by atoms with Crippen molar-refractivity contribution in [2.45, 2.75) is 6.54 Å². The van der Waals surface area contributed by atoms with Crippen molar-refractivity contribution < 1.29 is 14.4 Å². The normalized spacial score (nSPS) is 12.3. The zero-order valence-electron chi connectivity index (χ0n) is 17.0. The summed E-state index contributed by atoms with van der Waals surface area (Å²) < 4.78 is 0. The molecule has 8 heteroatoms. The third-order valence-electron chi connectivity index (χ3n) is 5.07. The van der Waals surface area contributed by atoms with Gasteiger partial charge in [-0.05, 0) is 42.0 Å². The molecule has 0 saturated carbocycles. The molecule has 32 heavy (non-hydrogen) atoms. The highest BCUT2D eigenvalue weighted by atomic mass is 16.2. The minimum atomic E-state index is -0.313. The molecule has 1 aliphatic rings. The number of carbonyl (C=O) groups is 3. The van der Waals surface area contributed by atoms with Gasteiger partial charge in [0.1, 0.15) is 11.9 Å². The topological polar surface area (TPSA) is 115 Å². The van der Waals surface area contributed by atoms with E-state index in [9.17, 15) is 14.4 Å². The molecule has 0 atom stereocenters. The van der Waals surface area contributed by atoms with Crippen molar-refractivity contribution in [1.29, 1.82) is 5.26 Å². The first-order valence-electron chi connectivity index (χ1n) is 10.00. The summed E-state index contributed by atoms with van der Waals surface area (Å²) in [5, 5.41) is 14.9. The molecule has 158 valence electrons. The van der Waals surface area contributed by atoms with E-state index in [2.05, 4.69) is 21.7 Å². The van der Waals surface area contributed by atoms with Crippen LogP contribution in [-0.2, 0) is 6.54 Å². The fourth-order valence-electron chi connectivity index (χ4n) is 3.42. The molecule has 0 spiro atoms. The Bertz CT molecular complexity index is 1200. The Balaban J connectivity index is 1.30. The molecular formula is C24H19N5O3. The van der Waals surface area contributed by atoms with E-state index in [4.69, 9.17) is 5.26 Å². The number of nitriles is 1. The van der Waals surface area contributed by atoms with Crippen LogP contribution < -0.4 is 10.6 Å². The molecule has 3 aromatic rings. The summed E-state index contributed by atoms with van der Waals surface area (Å²) in [6.45, 7) is 0.899. The van der Waals surface area contributed by atoms with Crippen LogP contribution >= 0.6 is 0 Å². The Kier molecular flexibility index (Phi) is 5.90. The Morgan fingerprint density at radius 2 is 1.62 bits per heavy atom. The van der Waals surface area contributed by atoms with Crippen LogP contribution in [0.25, 0.3) is 0 Å². The van der Waals surface area contributed by atoms with Crippen LogP contribution in [0.3, 0.4) is 0 Å². The molecule has 8 nitrogen and oxygen atoms in total. The Morgan fingerprint density at radius 3 is 2.28 bits per heavy atom. The predicted molar refractivity (Wildman–Crippen MR) is 117 cm³/mol. The SMILES string of the molecule is N#Cc1cccnc1NCCNC(=O)c1ccc(CN2C(=O)c3ccccc3C2=O)cc1. The van der Waals surface area contributed by atoms with E-state index in [-0.39, 0.29) is 24.3 Å². The number of nitrogens with zero attached hydrogens (tertiary/aromatic N) is 3. The van der Waals surface area contributed by atoms with Crippen LogP contribution in [0.15, 0.2) is 66.9 Å². The molecule has 2 aromatic carbocycles. The van der Waals surface area contributed by atoms with Gasteiger partial charge < -0.3 is 10.6 Å². The van der Waals surface area contributed by atoms with E-state index in [1.807, 2.05) is 0 Å². The number of fused-ring (bicyclic) bond motifs is 1. The number of benzene rings is 2. The molecule has 0 bridgehead atoms.